The summed E-state index contributed by atoms with van der Waals surface area (Å²) in [5, 5.41) is 4.07. The zero-order valence-electron chi connectivity index (χ0n) is 15.7. The molecule has 0 aromatic carbocycles. The molecule has 6 nitrogen and oxygen atoms in total. The quantitative estimate of drug-likeness (QED) is 0.446. The van der Waals surface area contributed by atoms with E-state index in [1.165, 1.54) is 28.0 Å². The number of thiophene rings is 1. The lowest BCUT2D eigenvalue weighted by atomic mass is 9.88. The average Bonchev–Trinajstić information content (AvgIpc) is 2.97. The summed E-state index contributed by atoms with van der Waals surface area (Å²) in [5.74, 6) is 0.241. The molecule has 2 aromatic rings. The Labute approximate surface area is 167 Å². The number of thioether (sulfide) groups is 1. The van der Waals surface area contributed by atoms with E-state index in [-0.39, 0.29) is 17.6 Å². The van der Waals surface area contributed by atoms with Gasteiger partial charge in [-0.2, -0.15) is 0 Å². The zero-order valence-corrected chi connectivity index (χ0v) is 17.3. The standard InChI is InChI=1S/C19H23N3O3S2/c1-4-25-18(24)16-13-6-5-11(2)9-14(13)27-17(16)22-15(23)10-26-19-20-8-7-12(3)21-19/h7-8,11H,4-6,9-10H2,1-3H3,(H,22,23). The predicted octanol–water partition coefficient (Wildman–Crippen LogP) is 3.88. The third kappa shape index (κ3) is 4.87. The highest BCUT2D eigenvalue weighted by Crippen LogP contribution is 2.40. The minimum absolute atomic E-state index is 0.178. The van der Waals surface area contributed by atoms with Crippen molar-refractivity contribution >= 4 is 40.0 Å². The van der Waals surface area contributed by atoms with Crippen LogP contribution in [0.2, 0.25) is 0 Å². The first-order valence-electron chi connectivity index (χ1n) is 9.01. The van der Waals surface area contributed by atoms with Crippen LogP contribution in [-0.2, 0) is 22.4 Å². The molecular formula is C19H23N3O3S2. The van der Waals surface area contributed by atoms with Gasteiger partial charge in [-0.15, -0.1) is 11.3 Å². The van der Waals surface area contributed by atoms with Gasteiger partial charge < -0.3 is 10.1 Å². The van der Waals surface area contributed by atoms with Crippen LogP contribution in [0, 0.1) is 12.8 Å². The first-order chi connectivity index (χ1) is 13.0. The normalized spacial score (nSPS) is 15.9. The van der Waals surface area contributed by atoms with Gasteiger partial charge in [-0.1, -0.05) is 18.7 Å². The fraction of sp³-hybridized carbons (Fsp3) is 0.474. The van der Waals surface area contributed by atoms with Gasteiger partial charge >= 0.3 is 5.97 Å². The van der Waals surface area contributed by atoms with Crippen molar-refractivity contribution < 1.29 is 14.3 Å². The number of aromatic nitrogens is 2. The van der Waals surface area contributed by atoms with Crippen LogP contribution in [0.15, 0.2) is 17.4 Å². The number of rotatable bonds is 6. The molecule has 0 radical (unpaired) electrons. The molecule has 1 atom stereocenters. The lowest BCUT2D eigenvalue weighted by Gasteiger charge is -2.18. The highest BCUT2D eigenvalue weighted by Gasteiger charge is 2.29. The van der Waals surface area contributed by atoms with Gasteiger partial charge in [0, 0.05) is 16.8 Å². The molecule has 0 aliphatic heterocycles. The number of hydrogen-bond donors (Lipinski definition) is 1. The summed E-state index contributed by atoms with van der Waals surface area (Å²) in [6.45, 7) is 6.20. The Morgan fingerprint density at radius 2 is 2.26 bits per heavy atom. The maximum absolute atomic E-state index is 12.5. The first kappa shape index (κ1) is 19.8. The second kappa shape index (κ2) is 8.84. The Morgan fingerprint density at radius 1 is 1.44 bits per heavy atom. The van der Waals surface area contributed by atoms with Crippen LogP contribution in [-0.4, -0.2) is 34.2 Å². The molecule has 0 spiro atoms. The van der Waals surface area contributed by atoms with Gasteiger partial charge in [0.2, 0.25) is 5.91 Å². The summed E-state index contributed by atoms with van der Waals surface area (Å²) in [5.41, 5.74) is 2.44. The summed E-state index contributed by atoms with van der Waals surface area (Å²) in [6.07, 6.45) is 4.51. The molecule has 1 amide bonds. The lowest BCUT2D eigenvalue weighted by molar-refractivity contribution is -0.113. The van der Waals surface area contributed by atoms with E-state index in [4.69, 9.17) is 4.74 Å². The second-order valence-corrected chi connectivity index (χ2v) is 8.64. The summed E-state index contributed by atoms with van der Waals surface area (Å²) in [4.78, 5) is 34.6. The van der Waals surface area contributed by atoms with Crippen LogP contribution >= 0.6 is 23.1 Å². The van der Waals surface area contributed by atoms with E-state index in [0.29, 0.717) is 28.2 Å². The van der Waals surface area contributed by atoms with Gasteiger partial charge in [0.05, 0.1) is 17.9 Å². The number of carbonyl (C=O) groups is 2. The van der Waals surface area contributed by atoms with Gasteiger partial charge in [0.1, 0.15) is 5.00 Å². The largest absolute Gasteiger partial charge is 0.462 e. The first-order valence-corrected chi connectivity index (χ1v) is 10.8. The van der Waals surface area contributed by atoms with E-state index in [0.717, 1.165) is 30.5 Å². The number of carbonyl (C=O) groups excluding carboxylic acids is 2. The Kier molecular flexibility index (Phi) is 6.49. The Hall–Kier alpha value is -1.93. The van der Waals surface area contributed by atoms with E-state index in [9.17, 15) is 9.59 Å². The van der Waals surface area contributed by atoms with E-state index < -0.39 is 0 Å². The molecule has 2 aromatic heterocycles. The fourth-order valence-electron chi connectivity index (χ4n) is 3.05. The minimum atomic E-state index is -0.352. The van der Waals surface area contributed by atoms with Crippen LogP contribution < -0.4 is 5.32 Å². The molecule has 1 aliphatic carbocycles. The number of ether oxygens (including phenoxy) is 1. The smallest absolute Gasteiger partial charge is 0.341 e. The average molecular weight is 406 g/mol. The third-order valence-electron chi connectivity index (χ3n) is 4.35. The van der Waals surface area contributed by atoms with Crippen molar-refractivity contribution in [1.82, 2.24) is 9.97 Å². The third-order valence-corrected chi connectivity index (χ3v) is 6.38. The van der Waals surface area contributed by atoms with Crippen LogP contribution in [0.4, 0.5) is 5.00 Å². The number of nitrogens with one attached hydrogen (secondary N) is 1. The van der Waals surface area contributed by atoms with Crippen molar-refractivity contribution in [3.63, 3.8) is 0 Å². The number of anilines is 1. The van der Waals surface area contributed by atoms with Crippen molar-refractivity contribution in [1.29, 1.82) is 0 Å². The number of nitrogens with zero attached hydrogens (tertiary/aromatic N) is 2. The molecule has 0 saturated heterocycles. The van der Waals surface area contributed by atoms with Crippen LogP contribution in [0.1, 0.15) is 46.8 Å². The molecule has 3 rings (SSSR count). The zero-order chi connectivity index (χ0) is 19.4. The van der Waals surface area contributed by atoms with Crippen molar-refractivity contribution in [2.24, 2.45) is 5.92 Å². The molecular weight excluding hydrogens is 382 g/mol. The fourth-order valence-corrected chi connectivity index (χ4v) is 5.14. The van der Waals surface area contributed by atoms with Gasteiger partial charge in [0.25, 0.3) is 0 Å². The van der Waals surface area contributed by atoms with Gasteiger partial charge in [-0.25, -0.2) is 14.8 Å². The lowest BCUT2D eigenvalue weighted by Crippen LogP contribution is -2.17. The van der Waals surface area contributed by atoms with E-state index in [1.54, 1.807) is 13.1 Å². The molecule has 1 aliphatic rings. The number of aryl methyl sites for hydroxylation is 1. The highest BCUT2D eigenvalue weighted by molar-refractivity contribution is 7.99. The van der Waals surface area contributed by atoms with Crippen LogP contribution in [0.5, 0.6) is 0 Å². The summed E-state index contributed by atoms with van der Waals surface area (Å²) >= 11 is 2.77. The van der Waals surface area contributed by atoms with Gasteiger partial charge in [0.15, 0.2) is 5.16 Å². The number of fused-ring (bicyclic) bond motifs is 1. The van der Waals surface area contributed by atoms with Crippen molar-refractivity contribution in [3.05, 3.63) is 34.0 Å². The minimum Gasteiger partial charge on any atom is -0.462 e. The molecule has 1 unspecified atom stereocenters. The Balaban J connectivity index is 1.75. The van der Waals surface area contributed by atoms with Crippen molar-refractivity contribution in [2.45, 2.75) is 45.2 Å². The van der Waals surface area contributed by atoms with Gasteiger partial charge in [-0.05, 0) is 50.7 Å². The summed E-state index contributed by atoms with van der Waals surface area (Å²) in [7, 11) is 0. The van der Waals surface area contributed by atoms with E-state index in [2.05, 4.69) is 22.2 Å². The van der Waals surface area contributed by atoms with Crippen molar-refractivity contribution in [2.75, 3.05) is 17.7 Å². The SMILES string of the molecule is CCOC(=O)c1c(NC(=O)CSc2nccc(C)n2)sc2c1CCC(C)C2. The number of esters is 1. The van der Waals surface area contributed by atoms with E-state index >= 15 is 0 Å². The molecule has 27 heavy (non-hydrogen) atoms. The monoisotopic (exact) mass is 405 g/mol. The second-order valence-electron chi connectivity index (χ2n) is 6.59. The van der Waals surface area contributed by atoms with Crippen molar-refractivity contribution in [3.8, 4) is 0 Å². The molecule has 8 heteroatoms. The number of hydrogen-bond acceptors (Lipinski definition) is 7. The Morgan fingerprint density at radius 3 is 3.00 bits per heavy atom. The van der Waals surface area contributed by atoms with Crippen LogP contribution in [0.3, 0.4) is 0 Å². The van der Waals surface area contributed by atoms with Crippen LogP contribution in [0.25, 0.3) is 0 Å². The van der Waals surface area contributed by atoms with Gasteiger partial charge in [-0.3, -0.25) is 4.79 Å². The maximum Gasteiger partial charge on any atom is 0.341 e. The maximum atomic E-state index is 12.5. The topological polar surface area (TPSA) is 81.2 Å². The summed E-state index contributed by atoms with van der Waals surface area (Å²) < 4.78 is 5.24. The Bertz CT molecular complexity index is 851. The molecule has 1 N–H and O–H groups in total. The van der Waals surface area contributed by atoms with E-state index in [1.807, 2.05) is 13.0 Å². The molecule has 0 saturated carbocycles. The predicted molar refractivity (Wildman–Crippen MR) is 108 cm³/mol. The highest BCUT2D eigenvalue weighted by atomic mass is 32.2. The summed E-state index contributed by atoms with van der Waals surface area (Å²) in [6, 6.07) is 1.81. The number of amides is 1. The molecule has 0 bridgehead atoms. The molecule has 144 valence electrons. The molecule has 2 heterocycles. The molecule has 0 fully saturated rings.